The van der Waals surface area contributed by atoms with Crippen LogP contribution in [-0.2, 0) is 20.2 Å². The third-order valence-corrected chi connectivity index (χ3v) is 10.3. The van der Waals surface area contributed by atoms with Crippen molar-refractivity contribution in [2.45, 2.75) is 46.4 Å². The number of oxime groups is 2. The van der Waals surface area contributed by atoms with Gasteiger partial charge in [0.05, 0.1) is 6.04 Å². The summed E-state index contributed by atoms with van der Waals surface area (Å²) in [6.07, 6.45) is 2.12. The van der Waals surface area contributed by atoms with Crippen molar-refractivity contribution >= 4 is 23.6 Å². The van der Waals surface area contributed by atoms with Crippen LogP contribution in [0.4, 0.5) is 0 Å². The number of aryl methyl sites for hydroxylation is 5. The molecule has 8 rings (SSSR count). The summed E-state index contributed by atoms with van der Waals surface area (Å²) in [5.41, 5.74) is 8.40. The second-order valence-corrected chi connectivity index (χ2v) is 13.3. The van der Waals surface area contributed by atoms with E-state index in [1.807, 2.05) is 72.8 Å². The molecule has 5 aromatic carbocycles. The van der Waals surface area contributed by atoms with Crippen LogP contribution in [0.15, 0.2) is 137 Å². The van der Waals surface area contributed by atoms with E-state index in [0.29, 0.717) is 17.1 Å². The van der Waals surface area contributed by atoms with Crippen LogP contribution in [0.5, 0.6) is 0 Å². The highest BCUT2D eigenvalue weighted by Gasteiger charge is 2.77. The van der Waals surface area contributed by atoms with Crippen molar-refractivity contribution in [1.29, 1.82) is 0 Å². The molecule has 242 valence electrons. The molecule has 3 aliphatic heterocycles. The Bertz CT molecular complexity index is 2200. The molecule has 1 fully saturated rings. The molecule has 0 aromatic heterocycles. The highest BCUT2D eigenvalue weighted by atomic mass is 16.7. The Labute approximate surface area is 287 Å². The predicted octanol–water partition coefficient (Wildman–Crippen LogP) is 8.86. The minimum atomic E-state index is -1.43. The third kappa shape index (κ3) is 4.36. The van der Waals surface area contributed by atoms with E-state index in [1.165, 1.54) is 5.56 Å². The van der Waals surface area contributed by atoms with Crippen LogP contribution < -0.4 is 0 Å². The fraction of sp³-hybridized carbons (Fsp3) is 0.186. The lowest BCUT2D eigenvalue weighted by atomic mass is 9.66. The molecular weight excluding hydrogens is 606 g/mol. The summed E-state index contributed by atoms with van der Waals surface area (Å²) in [5, 5.41) is 9.64. The van der Waals surface area contributed by atoms with Crippen molar-refractivity contribution in [1.82, 2.24) is 4.90 Å². The summed E-state index contributed by atoms with van der Waals surface area (Å²) in [5.74, 6) is 0.205. The lowest BCUT2D eigenvalue weighted by Crippen LogP contribution is -2.45. The van der Waals surface area contributed by atoms with E-state index < -0.39 is 23.2 Å². The zero-order chi connectivity index (χ0) is 33.9. The Morgan fingerprint density at radius 1 is 0.694 bits per heavy atom. The van der Waals surface area contributed by atoms with Crippen molar-refractivity contribution < 1.29 is 14.5 Å². The molecule has 0 saturated carbocycles. The highest BCUT2D eigenvalue weighted by Crippen LogP contribution is 2.68. The van der Waals surface area contributed by atoms with Gasteiger partial charge in [0.25, 0.3) is 5.72 Å². The number of hydrogen-bond donors (Lipinski definition) is 0. The Morgan fingerprint density at radius 3 is 1.98 bits per heavy atom. The second-order valence-electron chi connectivity index (χ2n) is 13.3. The van der Waals surface area contributed by atoms with Crippen molar-refractivity contribution in [2.24, 2.45) is 15.7 Å². The maximum Gasteiger partial charge on any atom is 0.354 e. The summed E-state index contributed by atoms with van der Waals surface area (Å²) >= 11 is 0. The second kappa shape index (κ2) is 11.4. The van der Waals surface area contributed by atoms with Crippen LogP contribution in [0.3, 0.4) is 0 Å². The average molecular weight is 644 g/mol. The fourth-order valence-corrected chi connectivity index (χ4v) is 8.21. The van der Waals surface area contributed by atoms with Gasteiger partial charge in [0.1, 0.15) is 5.71 Å². The van der Waals surface area contributed by atoms with Crippen molar-refractivity contribution in [2.75, 3.05) is 0 Å². The van der Waals surface area contributed by atoms with Gasteiger partial charge in [-0.1, -0.05) is 137 Å². The minimum absolute atomic E-state index is 0.454. The van der Waals surface area contributed by atoms with E-state index in [1.54, 1.807) is 0 Å². The molecule has 3 atom stereocenters. The smallest absolute Gasteiger partial charge is 0.354 e. The Balaban J connectivity index is 1.56. The first kappa shape index (κ1) is 30.6. The van der Waals surface area contributed by atoms with Crippen LogP contribution in [0.1, 0.15) is 61.7 Å². The van der Waals surface area contributed by atoms with Gasteiger partial charge in [-0.25, -0.2) is 4.79 Å². The monoisotopic (exact) mass is 643 g/mol. The number of fused-ring (bicyclic) bond motifs is 1. The molecule has 6 heteroatoms. The van der Waals surface area contributed by atoms with Crippen LogP contribution >= 0.6 is 0 Å². The summed E-state index contributed by atoms with van der Waals surface area (Å²) in [6, 6.07) is 40.1. The van der Waals surface area contributed by atoms with Gasteiger partial charge in [-0.05, 0) is 74.1 Å². The van der Waals surface area contributed by atoms with Gasteiger partial charge in [-0.3, -0.25) is 4.90 Å². The maximum absolute atomic E-state index is 15.1. The van der Waals surface area contributed by atoms with Crippen LogP contribution in [0, 0.1) is 40.0 Å². The van der Waals surface area contributed by atoms with E-state index in [9.17, 15) is 0 Å². The van der Waals surface area contributed by atoms with E-state index in [0.717, 1.165) is 50.1 Å². The van der Waals surface area contributed by atoms with E-state index >= 15 is 4.79 Å². The van der Waals surface area contributed by atoms with Gasteiger partial charge >= 0.3 is 5.97 Å². The summed E-state index contributed by atoms with van der Waals surface area (Å²) < 4.78 is 0. The summed E-state index contributed by atoms with van der Waals surface area (Å²) in [4.78, 5) is 30.2. The standard InChI is InChI=1S/C43H37N3O3/c1-27-24-30(4)37(31(5)25-27)40-45-49-43(34-21-10-7-11-22-34)36(26-33-20-14-12-16-28(33)2)42(39(46(40)43)35-23-15-13-17-29(35)3)38(44-48-41(42)47)32-18-8-6-9-19-32/h6-26,39H,1-5H3/b36-26+/t39-,42+,43+/m1/s1. The first-order valence-corrected chi connectivity index (χ1v) is 16.7. The molecule has 5 aromatic rings. The van der Waals surface area contributed by atoms with Gasteiger partial charge < -0.3 is 9.68 Å². The van der Waals surface area contributed by atoms with E-state index in [2.05, 4.69) is 99.3 Å². The minimum Gasteiger partial charge on any atom is -0.355 e. The van der Waals surface area contributed by atoms with Crippen LogP contribution in [0.2, 0.25) is 0 Å². The average Bonchev–Trinajstić information content (AvgIpc) is 3.72. The van der Waals surface area contributed by atoms with Crippen molar-refractivity contribution in [3.8, 4) is 0 Å². The molecule has 3 aliphatic rings. The largest absolute Gasteiger partial charge is 0.355 e. The summed E-state index contributed by atoms with van der Waals surface area (Å²) in [6.45, 7) is 10.5. The molecule has 49 heavy (non-hydrogen) atoms. The SMILES string of the molecule is Cc1cc(C)c(C2=NO[C@@]3(c4ccccc4)/C(=C/c4ccccc4C)[C@@]4(C(=O)ON=C4c4ccccc4)[C@@H](c4ccccc4C)N23)c(C)c1. The van der Waals surface area contributed by atoms with Gasteiger partial charge in [0.2, 0.25) is 0 Å². The van der Waals surface area contributed by atoms with E-state index in [4.69, 9.17) is 14.8 Å². The van der Waals surface area contributed by atoms with Gasteiger partial charge in [0, 0.05) is 22.3 Å². The Hall–Kier alpha value is -5.75. The summed E-state index contributed by atoms with van der Waals surface area (Å²) in [7, 11) is 0. The molecule has 0 N–H and O–H groups in total. The number of carbonyl (C=O) groups excluding carboxylic acids is 1. The number of nitrogens with zero attached hydrogens (tertiary/aromatic N) is 3. The maximum atomic E-state index is 15.1. The number of benzene rings is 5. The normalized spacial score (nSPS) is 23.4. The molecule has 0 aliphatic carbocycles. The van der Waals surface area contributed by atoms with Gasteiger partial charge in [0.15, 0.2) is 11.3 Å². The Morgan fingerprint density at radius 2 is 1.31 bits per heavy atom. The Kier molecular flexibility index (Phi) is 7.14. The molecule has 1 spiro atoms. The van der Waals surface area contributed by atoms with Crippen LogP contribution in [0.25, 0.3) is 6.08 Å². The lowest BCUT2D eigenvalue weighted by Gasteiger charge is -2.36. The van der Waals surface area contributed by atoms with Crippen LogP contribution in [-0.4, -0.2) is 22.4 Å². The predicted molar refractivity (Wildman–Crippen MR) is 193 cm³/mol. The molecule has 3 heterocycles. The molecule has 1 saturated heterocycles. The zero-order valence-electron chi connectivity index (χ0n) is 28.3. The first-order chi connectivity index (χ1) is 23.8. The van der Waals surface area contributed by atoms with Crippen molar-refractivity contribution in [3.05, 3.63) is 183 Å². The fourth-order valence-electron chi connectivity index (χ4n) is 8.21. The molecule has 0 radical (unpaired) electrons. The molecule has 0 bridgehead atoms. The number of amidine groups is 1. The third-order valence-electron chi connectivity index (χ3n) is 10.3. The number of rotatable bonds is 5. The topological polar surface area (TPSA) is 63.5 Å². The molecular formula is C43H37N3O3. The molecule has 0 amide bonds. The number of hydrogen-bond acceptors (Lipinski definition) is 6. The van der Waals surface area contributed by atoms with Gasteiger partial charge in [-0.2, -0.15) is 0 Å². The van der Waals surface area contributed by atoms with E-state index in [-0.39, 0.29) is 0 Å². The quantitative estimate of drug-likeness (QED) is 0.180. The van der Waals surface area contributed by atoms with Gasteiger partial charge in [-0.15, -0.1) is 0 Å². The van der Waals surface area contributed by atoms with Crippen molar-refractivity contribution in [3.63, 3.8) is 0 Å². The number of carbonyl (C=O) groups is 1. The molecule has 6 nitrogen and oxygen atoms in total. The first-order valence-electron chi connectivity index (χ1n) is 16.7. The molecule has 0 unspecified atom stereocenters. The zero-order valence-corrected chi connectivity index (χ0v) is 28.3. The highest BCUT2D eigenvalue weighted by molar-refractivity contribution is 6.23. The lowest BCUT2D eigenvalue weighted by molar-refractivity contribution is -0.147.